The normalized spacial score (nSPS) is 10.1. The van der Waals surface area contributed by atoms with Gasteiger partial charge in [-0.25, -0.2) is 19.3 Å². The van der Waals surface area contributed by atoms with E-state index >= 15 is 0 Å². The van der Waals surface area contributed by atoms with E-state index in [0.717, 1.165) is 5.92 Å². The van der Waals surface area contributed by atoms with E-state index < -0.39 is 11.8 Å². The number of fused-ring (bicyclic) bond motifs is 1. The molecule has 0 aliphatic carbocycles. The minimum atomic E-state index is -0.888. The Bertz CT molecular complexity index is 949. The maximum absolute atomic E-state index is 13.6. The summed E-state index contributed by atoms with van der Waals surface area (Å²) in [6.45, 7) is 10.8. The summed E-state index contributed by atoms with van der Waals surface area (Å²) in [4.78, 5) is 23.3. The zero-order valence-electron chi connectivity index (χ0n) is 17.7. The molecule has 0 saturated carbocycles. The Labute approximate surface area is 192 Å². The van der Waals surface area contributed by atoms with Crippen LogP contribution in [0.1, 0.15) is 41.0 Å². The lowest BCUT2D eigenvalue weighted by Gasteiger charge is -2.05. The molecule has 3 aromatic heterocycles. The molecule has 0 aliphatic rings. The Kier molecular flexibility index (Phi) is 11.6. The number of halogens is 2. The van der Waals surface area contributed by atoms with Crippen molar-refractivity contribution in [3.05, 3.63) is 36.5 Å². The molecular weight excluding hydrogens is 520 g/mol. The van der Waals surface area contributed by atoms with Gasteiger partial charge in [-0.3, -0.25) is 8.77 Å². The first-order valence-electron chi connectivity index (χ1n) is 9.56. The average molecular weight is 547 g/mol. The second kappa shape index (κ2) is 13.4. The number of aromatic nitrogens is 4. The van der Waals surface area contributed by atoms with Crippen LogP contribution >= 0.6 is 30.3 Å². The Hall–Kier alpha value is -1.95. The first-order valence-corrected chi connectivity index (χ1v) is 12.9. The molecule has 10 heteroatoms. The van der Waals surface area contributed by atoms with Crippen LogP contribution in [0, 0.1) is 11.7 Å². The number of aliphatic carboxylic acids is 1. The van der Waals surface area contributed by atoms with Crippen molar-refractivity contribution in [1.29, 1.82) is 0 Å². The lowest BCUT2D eigenvalue weighted by Crippen LogP contribution is -2.09. The SMILES string of the molecule is CC.CC(C)C.O=C(O)CCNc1ccnc(-c2cn(SI)c3ncc(F)cc23)n1. The minimum Gasteiger partial charge on any atom is -0.481 e. The summed E-state index contributed by atoms with van der Waals surface area (Å²) in [6.07, 6.45) is 4.52. The quantitative estimate of drug-likeness (QED) is 0.363. The van der Waals surface area contributed by atoms with Gasteiger partial charge in [-0.2, -0.15) is 0 Å². The number of anilines is 1. The van der Waals surface area contributed by atoms with Crippen LogP contribution in [0.5, 0.6) is 0 Å². The second-order valence-corrected chi connectivity index (χ2v) is 8.24. The molecule has 7 nitrogen and oxygen atoms in total. The van der Waals surface area contributed by atoms with Crippen molar-refractivity contribution in [3.8, 4) is 11.4 Å². The van der Waals surface area contributed by atoms with Crippen LogP contribution in [0.15, 0.2) is 30.7 Å². The third kappa shape index (κ3) is 8.05. The minimum absolute atomic E-state index is 0.0146. The van der Waals surface area contributed by atoms with Gasteiger partial charge >= 0.3 is 5.97 Å². The molecule has 0 aromatic carbocycles. The van der Waals surface area contributed by atoms with E-state index in [2.05, 4.69) is 62.2 Å². The molecule has 0 fully saturated rings. The van der Waals surface area contributed by atoms with Gasteiger partial charge in [-0.1, -0.05) is 34.6 Å². The highest BCUT2D eigenvalue weighted by molar-refractivity contribution is 14.2. The Morgan fingerprint density at radius 3 is 2.60 bits per heavy atom. The highest BCUT2D eigenvalue weighted by Gasteiger charge is 2.15. The van der Waals surface area contributed by atoms with Crippen molar-refractivity contribution in [2.75, 3.05) is 11.9 Å². The molecule has 0 spiro atoms. The van der Waals surface area contributed by atoms with Crippen molar-refractivity contribution in [3.63, 3.8) is 0 Å². The number of carbonyl (C=O) groups is 1. The summed E-state index contributed by atoms with van der Waals surface area (Å²) in [5.41, 5.74) is 1.28. The van der Waals surface area contributed by atoms with Gasteiger partial charge in [0.2, 0.25) is 0 Å². The van der Waals surface area contributed by atoms with Gasteiger partial charge in [0.25, 0.3) is 0 Å². The van der Waals surface area contributed by atoms with Gasteiger partial charge in [0.15, 0.2) is 11.5 Å². The molecule has 0 unspecified atom stereocenters. The number of rotatable bonds is 6. The standard InChI is InChI=1S/C14H11FIN5O2S.C4H10.C2H6/c15-8-5-9-10(7-21(24-16)14(9)19-6-8)13-18-3-1-11(20-13)17-4-2-12(22)23;1-4(2)3;1-2/h1,3,5-7H,2,4H2,(H,22,23)(H,17,18,20);4H,1-3H3;1-2H3. The molecule has 0 saturated heterocycles. The van der Waals surface area contributed by atoms with E-state index in [0.29, 0.717) is 28.2 Å². The molecule has 0 amide bonds. The lowest BCUT2D eigenvalue weighted by molar-refractivity contribution is -0.136. The molecule has 3 rings (SSSR count). The molecule has 0 radical (unpaired) electrons. The molecule has 30 heavy (non-hydrogen) atoms. The topological polar surface area (TPSA) is 92.9 Å². The van der Waals surface area contributed by atoms with Gasteiger partial charge in [0.1, 0.15) is 11.6 Å². The van der Waals surface area contributed by atoms with E-state index in [-0.39, 0.29) is 13.0 Å². The summed E-state index contributed by atoms with van der Waals surface area (Å²) in [6, 6.07) is 3.05. The fourth-order valence-corrected chi connectivity index (χ4v) is 3.43. The first-order chi connectivity index (χ1) is 14.3. The van der Waals surface area contributed by atoms with Gasteiger partial charge in [0.05, 0.1) is 12.6 Å². The van der Waals surface area contributed by atoms with E-state index in [1.54, 1.807) is 22.4 Å². The first kappa shape index (κ1) is 26.1. The van der Waals surface area contributed by atoms with E-state index in [1.807, 2.05) is 13.8 Å². The zero-order chi connectivity index (χ0) is 22.7. The highest BCUT2D eigenvalue weighted by atomic mass is 127. The molecule has 164 valence electrons. The highest BCUT2D eigenvalue weighted by Crippen LogP contribution is 2.32. The smallest absolute Gasteiger partial charge is 0.305 e. The molecule has 3 aromatic rings. The van der Waals surface area contributed by atoms with E-state index in [1.165, 1.54) is 21.4 Å². The Morgan fingerprint density at radius 2 is 2.00 bits per heavy atom. The Morgan fingerprint density at radius 1 is 1.33 bits per heavy atom. The van der Waals surface area contributed by atoms with E-state index in [4.69, 9.17) is 5.11 Å². The van der Waals surface area contributed by atoms with Crippen LogP contribution in [0.3, 0.4) is 0 Å². The maximum atomic E-state index is 13.6. The van der Waals surface area contributed by atoms with Crippen molar-refractivity contribution in [2.24, 2.45) is 5.92 Å². The van der Waals surface area contributed by atoms with Gasteiger partial charge in [-0.05, 0) is 18.1 Å². The summed E-state index contributed by atoms with van der Waals surface area (Å²) in [5.74, 6) is 0.432. The maximum Gasteiger partial charge on any atom is 0.305 e. The molecule has 0 bridgehead atoms. The predicted octanol–water partition coefficient (Wildman–Crippen LogP) is 6.05. The van der Waals surface area contributed by atoms with Crippen LogP contribution in [-0.2, 0) is 4.79 Å². The Balaban J connectivity index is 0.000000673. The number of nitrogens with one attached hydrogen (secondary N) is 1. The number of nitrogens with zero attached hydrogens (tertiary/aromatic N) is 4. The lowest BCUT2D eigenvalue weighted by atomic mass is 10.2. The molecular formula is C20H27FIN5O2S. The van der Waals surface area contributed by atoms with Crippen molar-refractivity contribution < 1.29 is 14.3 Å². The summed E-state index contributed by atoms with van der Waals surface area (Å²) >= 11 is 2.11. The van der Waals surface area contributed by atoms with Crippen LogP contribution < -0.4 is 5.32 Å². The fraction of sp³-hybridized carbons (Fsp3) is 0.400. The fourth-order valence-electron chi connectivity index (χ4n) is 2.17. The molecule has 2 N–H and O–H groups in total. The van der Waals surface area contributed by atoms with Crippen LogP contribution in [0.25, 0.3) is 22.4 Å². The third-order valence-corrected chi connectivity index (χ3v) is 4.89. The molecule has 3 heterocycles. The van der Waals surface area contributed by atoms with E-state index in [9.17, 15) is 9.18 Å². The number of pyridine rings is 1. The largest absolute Gasteiger partial charge is 0.481 e. The summed E-state index contributed by atoms with van der Waals surface area (Å²) < 4.78 is 15.4. The van der Waals surface area contributed by atoms with Crippen molar-refractivity contribution in [1.82, 2.24) is 18.9 Å². The third-order valence-electron chi connectivity index (χ3n) is 3.19. The average Bonchev–Trinajstić information content (AvgIpc) is 3.07. The van der Waals surface area contributed by atoms with Gasteiger partial charge in [0, 0.05) is 60.2 Å². The van der Waals surface area contributed by atoms with Crippen LogP contribution in [0.2, 0.25) is 0 Å². The van der Waals surface area contributed by atoms with Gasteiger partial charge < -0.3 is 10.4 Å². The predicted molar refractivity (Wildman–Crippen MR) is 130 cm³/mol. The molecule has 0 aliphatic heterocycles. The number of carboxylic acid groups (broad SMARTS) is 1. The van der Waals surface area contributed by atoms with Crippen molar-refractivity contribution in [2.45, 2.75) is 41.0 Å². The summed E-state index contributed by atoms with van der Waals surface area (Å²) in [5, 5.41) is 12.2. The monoisotopic (exact) mass is 547 g/mol. The second-order valence-electron chi connectivity index (χ2n) is 6.53. The van der Waals surface area contributed by atoms with Crippen LogP contribution in [-0.4, -0.2) is 36.5 Å². The number of carboxylic acids is 1. The van der Waals surface area contributed by atoms with Crippen LogP contribution in [0.4, 0.5) is 10.2 Å². The molecule has 0 atom stereocenters. The zero-order valence-corrected chi connectivity index (χ0v) is 20.7. The van der Waals surface area contributed by atoms with Gasteiger partial charge in [-0.15, -0.1) is 0 Å². The number of hydrogen-bond acceptors (Lipinski definition) is 6. The van der Waals surface area contributed by atoms with Crippen molar-refractivity contribution >= 4 is 53.1 Å². The number of hydrogen-bond donors (Lipinski definition) is 2. The summed E-state index contributed by atoms with van der Waals surface area (Å²) in [7, 11) is 1.41.